The summed E-state index contributed by atoms with van der Waals surface area (Å²) >= 11 is 0. The minimum atomic E-state index is -0.638. The minimum absolute atomic E-state index is 0.0179. The van der Waals surface area contributed by atoms with Crippen LogP contribution in [0.2, 0.25) is 0 Å². The number of rotatable bonds is 6. The third-order valence-electron chi connectivity index (χ3n) is 8.85. The molecule has 2 aliphatic carbocycles. The maximum absolute atomic E-state index is 6.87. The SMILES string of the molecule is c1ccc(CC(Cc2ccccc2)(C2=NC3c4ccccc4C[C@@H]3O2)C2=NC3c4ccccc4C[C@@H]3O2)cc1. The Kier molecular flexibility index (Phi) is 5.22. The van der Waals surface area contributed by atoms with E-state index in [2.05, 4.69) is 109 Å². The summed E-state index contributed by atoms with van der Waals surface area (Å²) in [5, 5.41) is 0. The quantitative estimate of drug-likeness (QED) is 0.292. The fourth-order valence-electron chi connectivity index (χ4n) is 7.01. The molecule has 0 saturated heterocycles. The zero-order chi connectivity index (χ0) is 25.8. The number of ether oxygens (including phenoxy) is 2. The molecule has 2 unspecified atom stereocenters. The molecule has 4 nitrogen and oxygen atoms in total. The first-order valence-electron chi connectivity index (χ1n) is 14.0. The molecule has 2 aliphatic heterocycles. The molecular weight excluding hydrogens is 480 g/mol. The topological polar surface area (TPSA) is 43.2 Å². The molecular formula is C35H30N2O2. The van der Waals surface area contributed by atoms with Gasteiger partial charge >= 0.3 is 0 Å². The van der Waals surface area contributed by atoms with Crippen LogP contribution in [0.5, 0.6) is 0 Å². The summed E-state index contributed by atoms with van der Waals surface area (Å²) in [5.41, 5.74) is 7.06. The van der Waals surface area contributed by atoms with Crippen molar-refractivity contribution in [2.75, 3.05) is 0 Å². The molecule has 0 fully saturated rings. The molecule has 4 aliphatic rings. The maximum Gasteiger partial charge on any atom is 0.201 e. The zero-order valence-electron chi connectivity index (χ0n) is 21.7. The summed E-state index contributed by atoms with van der Waals surface area (Å²) in [6.45, 7) is 0. The van der Waals surface area contributed by atoms with Gasteiger partial charge < -0.3 is 9.47 Å². The van der Waals surface area contributed by atoms with Crippen molar-refractivity contribution in [1.29, 1.82) is 0 Å². The van der Waals surface area contributed by atoms with E-state index in [4.69, 9.17) is 19.5 Å². The van der Waals surface area contributed by atoms with Crippen LogP contribution in [0, 0.1) is 5.41 Å². The Hall–Kier alpha value is -4.18. The summed E-state index contributed by atoms with van der Waals surface area (Å²) in [5.74, 6) is 1.54. The van der Waals surface area contributed by atoms with Crippen molar-refractivity contribution >= 4 is 11.8 Å². The third kappa shape index (κ3) is 3.73. The van der Waals surface area contributed by atoms with Gasteiger partial charge in [0.1, 0.15) is 29.7 Å². The summed E-state index contributed by atoms with van der Waals surface area (Å²) in [7, 11) is 0. The standard InChI is InChI=1S/C35H30N2O2/c1-3-11-23(12-4-1)21-35(22-24-13-5-2-6-14-24,33-36-31-27-17-9-7-15-25(27)19-29(31)38-33)34-37-32-28-18-10-8-16-26(28)20-30(32)39-34/h1-18,29-32H,19-22H2/t29-,30-,31?,32?/m0/s1. The van der Waals surface area contributed by atoms with E-state index in [1.54, 1.807) is 0 Å². The van der Waals surface area contributed by atoms with E-state index in [0.29, 0.717) is 12.8 Å². The number of aliphatic imine (C=N–C) groups is 2. The van der Waals surface area contributed by atoms with Crippen molar-refractivity contribution in [2.45, 2.75) is 50.0 Å². The lowest BCUT2D eigenvalue weighted by atomic mass is 9.75. The van der Waals surface area contributed by atoms with Crippen molar-refractivity contribution in [2.24, 2.45) is 15.4 Å². The van der Waals surface area contributed by atoms with Crippen LogP contribution in [-0.4, -0.2) is 24.0 Å². The van der Waals surface area contributed by atoms with Crippen LogP contribution in [0.15, 0.2) is 119 Å². The second kappa shape index (κ2) is 8.94. The van der Waals surface area contributed by atoms with Crippen LogP contribution >= 0.6 is 0 Å². The predicted molar refractivity (Wildman–Crippen MR) is 153 cm³/mol. The summed E-state index contributed by atoms with van der Waals surface area (Å²) in [4.78, 5) is 10.7. The van der Waals surface area contributed by atoms with Crippen molar-refractivity contribution in [1.82, 2.24) is 0 Å². The Labute approximate surface area is 229 Å². The highest BCUT2D eigenvalue weighted by Crippen LogP contribution is 2.49. The number of nitrogens with zero attached hydrogens (tertiary/aromatic N) is 2. The van der Waals surface area contributed by atoms with Gasteiger partial charge in [-0.2, -0.15) is 0 Å². The predicted octanol–water partition coefficient (Wildman–Crippen LogP) is 6.65. The van der Waals surface area contributed by atoms with Crippen molar-refractivity contribution < 1.29 is 9.47 Å². The third-order valence-corrected chi connectivity index (χ3v) is 8.85. The average Bonchev–Trinajstić information content (AvgIpc) is 3.73. The van der Waals surface area contributed by atoms with Gasteiger partial charge in [-0.1, -0.05) is 109 Å². The van der Waals surface area contributed by atoms with E-state index in [-0.39, 0.29) is 24.3 Å². The summed E-state index contributed by atoms with van der Waals surface area (Å²) in [6.07, 6.45) is 3.22. The largest absolute Gasteiger partial charge is 0.474 e. The molecule has 8 rings (SSSR count). The van der Waals surface area contributed by atoms with Crippen LogP contribution in [0.1, 0.15) is 45.5 Å². The van der Waals surface area contributed by atoms with Gasteiger partial charge in [0.05, 0.1) is 0 Å². The molecule has 0 saturated carbocycles. The molecule has 0 bridgehead atoms. The highest BCUT2D eigenvalue weighted by atomic mass is 16.5. The second-order valence-electron chi connectivity index (χ2n) is 11.3. The smallest absolute Gasteiger partial charge is 0.201 e. The van der Waals surface area contributed by atoms with Gasteiger partial charge in [0.15, 0.2) is 0 Å². The maximum atomic E-state index is 6.87. The van der Waals surface area contributed by atoms with Gasteiger partial charge in [-0.25, -0.2) is 9.98 Å². The van der Waals surface area contributed by atoms with Gasteiger partial charge in [-0.05, 0) is 46.2 Å². The van der Waals surface area contributed by atoms with Crippen molar-refractivity contribution in [3.05, 3.63) is 143 Å². The first-order valence-corrected chi connectivity index (χ1v) is 14.0. The second-order valence-corrected chi connectivity index (χ2v) is 11.3. The van der Waals surface area contributed by atoms with Gasteiger partial charge in [-0.3, -0.25) is 0 Å². The molecule has 0 radical (unpaired) electrons. The van der Waals surface area contributed by atoms with E-state index >= 15 is 0 Å². The van der Waals surface area contributed by atoms with E-state index in [1.165, 1.54) is 33.4 Å². The fraction of sp³-hybridized carbons (Fsp3) is 0.257. The minimum Gasteiger partial charge on any atom is -0.474 e. The van der Waals surface area contributed by atoms with Crippen LogP contribution in [-0.2, 0) is 35.2 Å². The molecule has 192 valence electrons. The molecule has 0 amide bonds. The summed E-state index contributed by atoms with van der Waals surface area (Å²) in [6, 6.07) is 38.6. The van der Waals surface area contributed by atoms with Gasteiger partial charge in [0, 0.05) is 12.8 Å². The highest BCUT2D eigenvalue weighted by molar-refractivity contribution is 6.07. The number of hydrogen-bond donors (Lipinski definition) is 0. The lowest BCUT2D eigenvalue weighted by Gasteiger charge is -2.34. The molecule has 4 aromatic carbocycles. The first kappa shape index (κ1) is 22.8. The molecule has 4 atom stereocenters. The van der Waals surface area contributed by atoms with Crippen LogP contribution in [0.3, 0.4) is 0 Å². The Morgan fingerprint density at radius 2 is 0.949 bits per heavy atom. The average molecular weight is 511 g/mol. The van der Waals surface area contributed by atoms with Crippen LogP contribution < -0.4 is 0 Å². The lowest BCUT2D eigenvalue weighted by molar-refractivity contribution is 0.162. The molecule has 4 aromatic rings. The molecule has 39 heavy (non-hydrogen) atoms. The van der Waals surface area contributed by atoms with E-state index in [1.807, 2.05) is 0 Å². The van der Waals surface area contributed by atoms with Gasteiger partial charge in [0.2, 0.25) is 11.8 Å². The molecule has 4 heteroatoms. The number of hydrogen-bond acceptors (Lipinski definition) is 4. The molecule has 2 heterocycles. The van der Waals surface area contributed by atoms with Crippen LogP contribution in [0.25, 0.3) is 0 Å². The number of benzene rings is 4. The summed E-state index contributed by atoms with van der Waals surface area (Å²) < 4.78 is 13.7. The molecule has 0 N–H and O–H groups in total. The monoisotopic (exact) mass is 510 g/mol. The molecule has 0 spiro atoms. The lowest BCUT2D eigenvalue weighted by Crippen LogP contribution is -2.45. The normalized spacial score (nSPS) is 24.1. The van der Waals surface area contributed by atoms with Crippen molar-refractivity contribution in [3.8, 4) is 0 Å². The van der Waals surface area contributed by atoms with E-state index in [0.717, 1.165) is 24.6 Å². The Balaban J connectivity index is 1.28. The first-order chi connectivity index (χ1) is 19.3. The van der Waals surface area contributed by atoms with Crippen molar-refractivity contribution in [3.63, 3.8) is 0 Å². The molecule has 0 aromatic heterocycles. The van der Waals surface area contributed by atoms with Crippen LogP contribution in [0.4, 0.5) is 0 Å². The number of fused-ring (bicyclic) bond motifs is 6. The zero-order valence-corrected chi connectivity index (χ0v) is 21.7. The van der Waals surface area contributed by atoms with E-state index < -0.39 is 5.41 Å². The Bertz CT molecular complexity index is 1470. The Morgan fingerprint density at radius 3 is 1.41 bits per heavy atom. The fourth-order valence-corrected chi connectivity index (χ4v) is 7.01. The Morgan fingerprint density at radius 1 is 0.538 bits per heavy atom. The van der Waals surface area contributed by atoms with E-state index in [9.17, 15) is 0 Å². The van der Waals surface area contributed by atoms with Gasteiger partial charge in [0.25, 0.3) is 0 Å². The highest BCUT2D eigenvalue weighted by Gasteiger charge is 2.54. The van der Waals surface area contributed by atoms with Gasteiger partial charge in [-0.15, -0.1) is 0 Å².